The summed E-state index contributed by atoms with van der Waals surface area (Å²) >= 11 is 0. The van der Waals surface area contributed by atoms with Gasteiger partial charge in [0.15, 0.2) is 16.5 Å². The minimum Gasteiger partial charge on any atom is -0.380 e. The van der Waals surface area contributed by atoms with Crippen LogP contribution in [0.5, 0.6) is 0 Å². The summed E-state index contributed by atoms with van der Waals surface area (Å²) < 4.78 is 83.5. The molecular formula is C26H35F3N4O4S2. The van der Waals surface area contributed by atoms with Crippen molar-refractivity contribution >= 4 is 31.6 Å². The van der Waals surface area contributed by atoms with Crippen molar-refractivity contribution in [2.45, 2.75) is 24.9 Å². The van der Waals surface area contributed by atoms with Crippen LogP contribution in [0.1, 0.15) is 16.7 Å². The van der Waals surface area contributed by atoms with Gasteiger partial charge in [-0.25, -0.2) is 35.9 Å². The van der Waals surface area contributed by atoms with Gasteiger partial charge in [0.05, 0.1) is 6.61 Å². The van der Waals surface area contributed by atoms with Crippen LogP contribution in [0.2, 0.25) is 0 Å². The molecule has 13 heteroatoms. The number of sulfonamides is 1. The van der Waals surface area contributed by atoms with E-state index in [1.54, 1.807) is 12.1 Å². The second-order valence-corrected chi connectivity index (χ2v) is 16.6. The molecule has 1 aromatic heterocycles. The van der Waals surface area contributed by atoms with Gasteiger partial charge >= 0.3 is 0 Å². The Kier molecular flexibility index (Phi) is 9.97. The zero-order chi connectivity index (χ0) is 29.0. The Morgan fingerprint density at radius 2 is 1.79 bits per heavy atom. The summed E-state index contributed by atoms with van der Waals surface area (Å²) in [7, 11) is -2.00. The molecule has 0 amide bonds. The topological polar surface area (TPSA) is 87.9 Å². The predicted molar refractivity (Wildman–Crippen MR) is 149 cm³/mol. The number of nitrogens with one attached hydrogen (secondary N) is 1. The molecule has 3 rings (SSSR count). The van der Waals surface area contributed by atoms with Gasteiger partial charge in [-0.05, 0) is 57.5 Å². The Balaban J connectivity index is 1.91. The van der Waals surface area contributed by atoms with Crippen LogP contribution in [0.25, 0.3) is 0 Å². The highest BCUT2D eigenvalue weighted by Crippen LogP contribution is 2.34. The van der Waals surface area contributed by atoms with E-state index in [0.29, 0.717) is 27.7 Å². The molecule has 3 aromatic rings. The number of anilines is 2. The average Bonchev–Trinajstić information content (AvgIpc) is 3.34. The van der Waals surface area contributed by atoms with Gasteiger partial charge in [0.2, 0.25) is 0 Å². The SMILES string of the molecule is Cc1c(NCc2c(F)cccc2CN(C)C)cc(F)c(S(=O)(=O)N(COCCS(C)(C)C)c2ccon2)c1F. The smallest absolute Gasteiger partial charge is 0.273 e. The van der Waals surface area contributed by atoms with Crippen molar-refractivity contribution in [1.82, 2.24) is 10.1 Å². The first-order valence-corrected chi connectivity index (χ1v) is 16.5. The molecular weight excluding hydrogens is 553 g/mol. The number of rotatable bonds is 13. The van der Waals surface area contributed by atoms with E-state index < -0.39 is 49.1 Å². The molecule has 0 fully saturated rings. The minimum absolute atomic E-state index is 0.000365. The number of hydrogen-bond donors (Lipinski definition) is 1. The number of hydrogen-bond acceptors (Lipinski definition) is 7. The van der Waals surface area contributed by atoms with Gasteiger partial charge in [-0.15, -0.1) is 0 Å². The molecule has 0 aliphatic rings. The maximum Gasteiger partial charge on any atom is 0.273 e. The van der Waals surface area contributed by atoms with Gasteiger partial charge in [0.25, 0.3) is 10.0 Å². The lowest BCUT2D eigenvalue weighted by atomic mass is 10.1. The third-order valence-electron chi connectivity index (χ3n) is 5.86. The van der Waals surface area contributed by atoms with Gasteiger partial charge in [-0.1, -0.05) is 17.3 Å². The normalized spacial score (nSPS) is 12.7. The summed E-state index contributed by atoms with van der Waals surface area (Å²) in [6, 6.07) is 6.82. The fourth-order valence-corrected chi connectivity index (χ4v) is 5.82. The van der Waals surface area contributed by atoms with Crippen molar-refractivity contribution in [1.29, 1.82) is 0 Å². The van der Waals surface area contributed by atoms with E-state index in [9.17, 15) is 12.8 Å². The lowest BCUT2D eigenvalue weighted by Crippen LogP contribution is -2.35. The molecule has 39 heavy (non-hydrogen) atoms. The lowest BCUT2D eigenvalue weighted by Gasteiger charge is -2.26. The van der Waals surface area contributed by atoms with Gasteiger partial charge in [0.1, 0.15) is 24.6 Å². The molecule has 0 aliphatic heterocycles. The average molecular weight is 589 g/mol. The van der Waals surface area contributed by atoms with Crippen LogP contribution in [0.3, 0.4) is 0 Å². The molecule has 0 radical (unpaired) electrons. The molecule has 0 aliphatic carbocycles. The highest BCUT2D eigenvalue weighted by Gasteiger charge is 2.34. The number of halogens is 3. The van der Waals surface area contributed by atoms with Crippen LogP contribution < -0.4 is 9.62 Å². The lowest BCUT2D eigenvalue weighted by molar-refractivity contribution is 0.158. The Bertz CT molecular complexity index is 1380. The maximum absolute atomic E-state index is 15.6. The summed E-state index contributed by atoms with van der Waals surface area (Å²) in [5.41, 5.74) is 0.911. The fourth-order valence-electron chi connectivity index (χ4n) is 3.75. The summed E-state index contributed by atoms with van der Waals surface area (Å²) in [6.07, 6.45) is 7.40. The van der Waals surface area contributed by atoms with E-state index in [-0.39, 0.29) is 30.2 Å². The van der Waals surface area contributed by atoms with Crippen LogP contribution in [-0.4, -0.2) is 70.4 Å². The molecule has 1 N–H and O–H groups in total. The first kappa shape index (κ1) is 30.8. The van der Waals surface area contributed by atoms with Crippen molar-refractivity contribution in [3.63, 3.8) is 0 Å². The van der Waals surface area contributed by atoms with Gasteiger partial charge < -0.3 is 19.5 Å². The molecule has 1 heterocycles. The third-order valence-corrected chi connectivity index (χ3v) is 9.01. The van der Waals surface area contributed by atoms with Crippen molar-refractivity contribution < 1.29 is 30.8 Å². The first-order valence-electron chi connectivity index (χ1n) is 12.0. The van der Waals surface area contributed by atoms with Crippen molar-refractivity contribution in [3.8, 4) is 0 Å². The maximum atomic E-state index is 15.6. The first-order chi connectivity index (χ1) is 18.2. The zero-order valence-corrected chi connectivity index (χ0v) is 24.6. The Labute approximate surface area is 229 Å². The van der Waals surface area contributed by atoms with Crippen molar-refractivity contribution in [2.24, 2.45) is 0 Å². The van der Waals surface area contributed by atoms with E-state index in [2.05, 4.69) is 29.2 Å². The van der Waals surface area contributed by atoms with Crippen LogP contribution in [-0.2, 0) is 27.8 Å². The largest absolute Gasteiger partial charge is 0.380 e. The van der Waals surface area contributed by atoms with Crippen molar-refractivity contribution in [2.75, 3.05) is 61.6 Å². The molecule has 8 nitrogen and oxygen atoms in total. The molecule has 0 spiro atoms. The quantitative estimate of drug-likeness (QED) is 0.224. The van der Waals surface area contributed by atoms with Crippen LogP contribution in [0.15, 0.2) is 46.0 Å². The highest BCUT2D eigenvalue weighted by atomic mass is 32.3. The highest BCUT2D eigenvalue weighted by molar-refractivity contribution is 8.32. The standard InChI is InChI=1S/C26H35F3N4O4S2/c1-18-23(30-15-20-19(16-32(2)3)8-7-9-21(20)27)14-22(28)26(25(18)29)39(34,35)33(24-10-11-37-31-24)17-36-12-13-38(4,5)6/h7-11,14,30H,12-13,15-17H2,1-6H3. The summed E-state index contributed by atoms with van der Waals surface area (Å²) in [6.45, 7) is 1.47. The van der Waals surface area contributed by atoms with E-state index in [0.717, 1.165) is 12.3 Å². The number of ether oxygens (including phenoxy) is 1. The van der Waals surface area contributed by atoms with E-state index in [1.807, 2.05) is 19.0 Å². The molecule has 0 bridgehead atoms. The number of aromatic nitrogens is 1. The molecule has 216 valence electrons. The molecule has 0 atom stereocenters. The van der Waals surface area contributed by atoms with E-state index in [1.165, 1.54) is 19.1 Å². The summed E-state index contributed by atoms with van der Waals surface area (Å²) in [5.74, 6) is -2.51. The number of benzene rings is 2. The van der Waals surface area contributed by atoms with E-state index >= 15 is 8.78 Å². The van der Waals surface area contributed by atoms with Gasteiger partial charge in [-0.2, -0.15) is 0 Å². The predicted octanol–water partition coefficient (Wildman–Crippen LogP) is 4.94. The second kappa shape index (κ2) is 12.6. The second-order valence-electron chi connectivity index (χ2n) is 10.2. The summed E-state index contributed by atoms with van der Waals surface area (Å²) in [5, 5.41) is 6.50. The molecule has 0 saturated carbocycles. The fraction of sp³-hybridized carbons (Fsp3) is 0.423. The molecule has 0 unspecified atom stereocenters. The van der Waals surface area contributed by atoms with Gasteiger partial charge in [0, 0.05) is 41.7 Å². The van der Waals surface area contributed by atoms with Crippen LogP contribution in [0.4, 0.5) is 24.7 Å². The summed E-state index contributed by atoms with van der Waals surface area (Å²) in [4.78, 5) is 0.731. The molecule has 0 saturated heterocycles. The monoisotopic (exact) mass is 588 g/mol. The Hall–Kier alpha value is -2.74. The molecule has 2 aromatic carbocycles. The zero-order valence-electron chi connectivity index (χ0n) is 22.9. The van der Waals surface area contributed by atoms with Crippen LogP contribution >= 0.6 is 10.0 Å². The number of nitrogens with zero attached hydrogens (tertiary/aromatic N) is 3. The Morgan fingerprint density at radius 3 is 2.41 bits per heavy atom. The minimum atomic E-state index is -4.79. The Morgan fingerprint density at radius 1 is 1.08 bits per heavy atom. The van der Waals surface area contributed by atoms with Crippen LogP contribution in [0, 0.1) is 24.4 Å². The van der Waals surface area contributed by atoms with E-state index in [4.69, 9.17) is 9.26 Å². The van der Waals surface area contributed by atoms with Gasteiger partial charge in [-0.3, -0.25) is 0 Å². The third kappa shape index (κ3) is 7.68. The van der Waals surface area contributed by atoms with Crippen molar-refractivity contribution in [3.05, 3.63) is 70.7 Å².